The molecule has 0 aromatic carbocycles. The Morgan fingerprint density at radius 2 is 2.00 bits per heavy atom. The van der Waals surface area contributed by atoms with E-state index < -0.39 is 0 Å². The average molecular weight is 223 g/mol. The number of hydrogen-bond acceptors (Lipinski definition) is 4. The van der Waals surface area contributed by atoms with Gasteiger partial charge in [0.2, 0.25) is 0 Å². The highest BCUT2D eigenvalue weighted by Crippen LogP contribution is 2.35. The van der Waals surface area contributed by atoms with Gasteiger partial charge in [0.1, 0.15) is 11.4 Å². The van der Waals surface area contributed by atoms with Crippen LogP contribution in [0.15, 0.2) is 4.63 Å². The van der Waals surface area contributed by atoms with Crippen LogP contribution in [0.25, 0.3) is 0 Å². The standard InChI is InChI=1S/C12H21N3O/c1-9-11(15-16-14-9)8-13-10-4-6-12(2,3)7-5-10/h10,13H,4-8H2,1-3H3. The molecule has 0 radical (unpaired) electrons. The summed E-state index contributed by atoms with van der Waals surface area (Å²) in [6.45, 7) is 7.42. The number of hydrogen-bond donors (Lipinski definition) is 1. The van der Waals surface area contributed by atoms with E-state index in [0.29, 0.717) is 11.5 Å². The molecule has 16 heavy (non-hydrogen) atoms. The van der Waals surface area contributed by atoms with Crippen molar-refractivity contribution in [1.29, 1.82) is 0 Å². The minimum absolute atomic E-state index is 0.531. The summed E-state index contributed by atoms with van der Waals surface area (Å²) in [5.41, 5.74) is 2.36. The second kappa shape index (κ2) is 4.53. The number of aryl methyl sites for hydroxylation is 1. The quantitative estimate of drug-likeness (QED) is 0.855. The van der Waals surface area contributed by atoms with Crippen molar-refractivity contribution in [3.63, 3.8) is 0 Å². The molecular formula is C12H21N3O. The Morgan fingerprint density at radius 3 is 2.56 bits per heavy atom. The molecule has 0 spiro atoms. The maximum atomic E-state index is 4.68. The molecule has 1 saturated carbocycles. The molecule has 1 aliphatic carbocycles. The first-order valence-electron chi connectivity index (χ1n) is 6.08. The first-order valence-corrected chi connectivity index (χ1v) is 6.08. The zero-order chi connectivity index (χ0) is 11.6. The van der Waals surface area contributed by atoms with Crippen molar-refractivity contribution >= 4 is 0 Å². The third-order valence-electron chi connectivity index (χ3n) is 3.64. The van der Waals surface area contributed by atoms with Crippen LogP contribution >= 0.6 is 0 Å². The molecule has 1 N–H and O–H groups in total. The zero-order valence-corrected chi connectivity index (χ0v) is 10.4. The Balaban J connectivity index is 1.78. The third kappa shape index (κ3) is 2.82. The molecule has 0 aliphatic heterocycles. The van der Waals surface area contributed by atoms with Crippen molar-refractivity contribution in [3.8, 4) is 0 Å². The Bertz CT molecular complexity index is 336. The van der Waals surface area contributed by atoms with Gasteiger partial charge in [-0.2, -0.15) is 0 Å². The van der Waals surface area contributed by atoms with Gasteiger partial charge in [-0.15, -0.1) is 0 Å². The van der Waals surface area contributed by atoms with Gasteiger partial charge in [0.25, 0.3) is 0 Å². The molecule has 1 aliphatic rings. The molecule has 0 unspecified atom stereocenters. The van der Waals surface area contributed by atoms with Crippen LogP contribution in [-0.2, 0) is 6.54 Å². The van der Waals surface area contributed by atoms with Gasteiger partial charge in [-0.1, -0.05) is 24.2 Å². The average Bonchev–Trinajstić information content (AvgIpc) is 2.63. The highest BCUT2D eigenvalue weighted by molar-refractivity contribution is 5.04. The summed E-state index contributed by atoms with van der Waals surface area (Å²) in [4.78, 5) is 0. The lowest BCUT2D eigenvalue weighted by Gasteiger charge is -2.34. The molecule has 4 heteroatoms. The highest BCUT2D eigenvalue weighted by Gasteiger charge is 2.26. The molecule has 1 fully saturated rings. The first kappa shape index (κ1) is 11.6. The minimum atomic E-state index is 0.531. The summed E-state index contributed by atoms with van der Waals surface area (Å²) in [7, 11) is 0. The number of nitrogens with zero attached hydrogens (tertiary/aromatic N) is 2. The summed E-state index contributed by atoms with van der Waals surface area (Å²) in [6.07, 6.45) is 5.14. The smallest absolute Gasteiger partial charge is 0.121 e. The summed E-state index contributed by atoms with van der Waals surface area (Å²) in [5.74, 6) is 0. The molecule has 90 valence electrons. The predicted molar refractivity (Wildman–Crippen MR) is 61.9 cm³/mol. The van der Waals surface area contributed by atoms with Gasteiger partial charge >= 0.3 is 0 Å². The fourth-order valence-electron chi connectivity index (χ4n) is 2.25. The zero-order valence-electron chi connectivity index (χ0n) is 10.4. The Kier molecular flexibility index (Phi) is 3.28. The molecule has 1 aromatic rings. The van der Waals surface area contributed by atoms with Crippen LogP contribution in [0.3, 0.4) is 0 Å². The van der Waals surface area contributed by atoms with E-state index in [4.69, 9.17) is 0 Å². The van der Waals surface area contributed by atoms with E-state index in [1.165, 1.54) is 25.7 Å². The van der Waals surface area contributed by atoms with E-state index >= 15 is 0 Å². The van der Waals surface area contributed by atoms with Crippen LogP contribution in [0.1, 0.15) is 50.9 Å². The van der Waals surface area contributed by atoms with Gasteiger partial charge in [-0.3, -0.25) is 0 Å². The van der Waals surface area contributed by atoms with Crippen LogP contribution in [0, 0.1) is 12.3 Å². The molecule has 0 bridgehead atoms. The SMILES string of the molecule is Cc1nonc1CNC1CCC(C)(C)CC1. The van der Waals surface area contributed by atoms with Gasteiger partial charge < -0.3 is 5.32 Å². The largest absolute Gasteiger partial charge is 0.308 e. The van der Waals surface area contributed by atoms with E-state index in [1.807, 2.05) is 6.92 Å². The molecule has 0 amide bonds. The first-order chi connectivity index (χ1) is 7.57. The lowest BCUT2D eigenvalue weighted by atomic mass is 9.75. The van der Waals surface area contributed by atoms with Crippen molar-refractivity contribution in [1.82, 2.24) is 15.6 Å². The summed E-state index contributed by atoms with van der Waals surface area (Å²) in [6, 6.07) is 0.629. The Morgan fingerprint density at radius 1 is 1.31 bits per heavy atom. The van der Waals surface area contributed by atoms with Gasteiger partial charge in [0.05, 0.1) is 0 Å². The minimum Gasteiger partial charge on any atom is -0.308 e. The molecule has 1 aromatic heterocycles. The van der Waals surface area contributed by atoms with Crippen LogP contribution in [0.5, 0.6) is 0 Å². The lowest BCUT2D eigenvalue weighted by molar-refractivity contribution is 0.205. The maximum absolute atomic E-state index is 4.68. The second-order valence-electron chi connectivity index (χ2n) is 5.62. The normalized spacial score (nSPS) is 21.2. The maximum Gasteiger partial charge on any atom is 0.121 e. The highest BCUT2D eigenvalue weighted by atomic mass is 16.6. The number of aromatic nitrogens is 2. The van der Waals surface area contributed by atoms with Crippen LogP contribution < -0.4 is 5.32 Å². The van der Waals surface area contributed by atoms with Crippen molar-refractivity contribution in [2.24, 2.45) is 5.41 Å². The van der Waals surface area contributed by atoms with E-state index in [0.717, 1.165) is 17.9 Å². The van der Waals surface area contributed by atoms with Crippen molar-refractivity contribution in [3.05, 3.63) is 11.4 Å². The Hall–Kier alpha value is -0.900. The van der Waals surface area contributed by atoms with Gasteiger partial charge in [-0.25, -0.2) is 4.63 Å². The van der Waals surface area contributed by atoms with E-state index in [2.05, 4.69) is 34.1 Å². The van der Waals surface area contributed by atoms with Crippen LogP contribution in [-0.4, -0.2) is 16.4 Å². The molecule has 1 heterocycles. The summed E-state index contributed by atoms with van der Waals surface area (Å²) >= 11 is 0. The molecule has 0 saturated heterocycles. The van der Waals surface area contributed by atoms with Gasteiger partial charge in [-0.05, 0) is 38.0 Å². The number of nitrogens with one attached hydrogen (secondary N) is 1. The molecule has 2 rings (SSSR count). The van der Waals surface area contributed by atoms with Crippen molar-refractivity contribution < 1.29 is 4.63 Å². The summed E-state index contributed by atoms with van der Waals surface area (Å²) in [5, 5.41) is 11.2. The van der Waals surface area contributed by atoms with Gasteiger partial charge in [0, 0.05) is 12.6 Å². The molecule has 4 nitrogen and oxygen atoms in total. The third-order valence-corrected chi connectivity index (χ3v) is 3.64. The van der Waals surface area contributed by atoms with Crippen molar-refractivity contribution in [2.75, 3.05) is 0 Å². The summed E-state index contributed by atoms with van der Waals surface area (Å²) < 4.78 is 4.68. The van der Waals surface area contributed by atoms with E-state index in [9.17, 15) is 0 Å². The van der Waals surface area contributed by atoms with Gasteiger partial charge in [0.15, 0.2) is 0 Å². The topological polar surface area (TPSA) is 51.0 Å². The second-order valence-corrected chi connectivity index (χ2v) is 5.62. The van der Waals surface area contributed by atoms with Crippen molar-refractivity contribution in [2.45, 2.75) is 59.0 Å². The van der Waals surface area contributed by atoms with E-state index in [-0.39, 0.29) is 0 Å². The van der Waals surface area contributed by atoms with E-state index in [1.54, 1.807) is 0 Å². The molecule has 0 atom stereocenters. The fourth-order valence-corrected chi connectivity index (χ4v) is 2.25. The molecular weight excluding hydrogens is 202 g/mol. The lowest BCUT2D eigenvalue weighted by Crippen LogP contribution is -2.35. The number of rotatable bonds is 3. The predicted octanol–water partition coefficient (Wildman–Crippen LogP) is 2.44. The van der Waals surface area contributed by atoms with Crippen LogP contribution in [0.4, 0.5) is 0 Å². The Labute approximate surface area is 96.8 Å². The monoisotopic (exact) mass is 223 g/mol. The van der Waals surface area contributed by atoms with Crippen LogP contribution in [0.2, 0.25) is 0 Å². The fraction of sp³-hybridized carbons (Fsp3) is 0.833.